The predicted molar refractivity (Wildman–Crippen MR) is 70.2 cm³/mol. The van der Waals surface area contributed by atoms with Gasteiger partial charge in [0, 0.05) is 30.6 Å². The van der Waals surface area contributed by atoms with Crippen molar-refractivity contribution in [1.82, 2.24) is 9.88 Å². The molecule has 1 aliphatic rings. The summed E-state index contributed by atoms with van der Waals surface area (Å²) in [6.07, 6.45) is 3.84. The molecule has 3 nitrogen and oxygen atoms in total. The number of piperidine rings is 1. The quantitative estimate of drug-likeness (QED) is 0.771. The minimum absolute atomic E-state index is 0.147. The highest BCUT2D eigenvalue weighted by Gasteiger charge is 2.27. The van der Waals surface area contributed by atoms with Gasteiger partial charge in [-0.05, 0) is 25.3 Å². The molecule has 2 rings (SSSR count). The molecule has 0 unspecified atom stereocenters. The molecule has 1 aliphatic heterocycles. The van der Waals surface area contributed by atoms with Gasteiger partial charge in [0.15, 0.2) is 10.8 Å². The normalized spacial score (nSPS) is 21.9. The standard InChI is InChI=1S/C13H19N2OS/c1-10(2)8-15-6-3-4-11(9-15)12(16)13-14-5-7-17-13/h5,7,11H,3-4,6,8-9H2,1-2H3/t11-/m0/s1. The van der Waals surface area contributed by atoms with Crippen molar-refractivity contribution < 1.29 is 4.79 Å². The molecule has 2 heterocycles. The summed E-state index contributed by atoms with van der Waals surface area (Å²) in [4.78, 5) is 18.7. The number of Topliss-reactive ketones (excluding diaryl/α,β-unsaturated/α-hetero) is 1. The minimum atomic E-state index is 0.147. The fraction of sp³-hybridized carbons (Fsp3) is 0.615. The van der Waals surface area contributed by atoms with E-state index in [1.54, 1.807) is 6.20 Å². The maximum Gasteiger partial charge on any atom is 0.195 e. The molecule has 17 heavy (non-hydrogen) atoms. The first-order chi connectivity index (χ1) is 8.16. The third kappa shape index (κ3) is 3.36. The SMILES string of the molecule is C[C](C)CN1CCC[C@H](C(=O)c2nccs2)C1. The van der Waals surface area contributed by atoms with Gasteiger partial charge in [-0.25, -0.2) is 4.98 Å². The average molecular weight is 251 g/mol. The van der Waals surface area contributed by atoms with E-state index in [4.69, 9.17) is 0 Å². The van der Waals surface area contributed by atoms with E-state index < -0.39 is 0 Å². The maximum atomic E-state index is 12.2. The molecule has 1 fully saturated rings. The van der Waals surface area contributed by atoms with Crippen molar-refractivity contribution >= 4 is 17.1 Å². The topological polar surface area (TPSA) is 33.2 Å². The smallest absolute Gasteiger partial charge is 0.195 e. The largest absolute Gasteiger partial charge is 0.302 e. The highest BCUT2D eigenvalue weighted by Crippen LogP contribution is 2.22. The molecule has 0 aliphatic carbocycles. The van der Waals surface area contributed by atoms with Crippen LogP contribution in [0.5, 0.6) is 0 Å². The van der Waals surface area contributed by atoms with E-state index in [1.165, 1.54) is 17.3 Å². The van der Waals surface area contributed by atoms with Crippen molar-refractivity contribution in [3.05, 3.63) is 22.5 Å². The van der Waals surface area contributed by atoms with Crippen molar-refractivity contribution in [2.75, 3.05) is 19.6 Å². The van der Waals surface area contributed by atoms with Gasteiger partial charge in [0.25, 0.3) is 0 Å². The van der Waals surface area contributed by atoms with Gasteiger partial charge in [0.1, 0.15) is 0 Å². The molecule has 1 aromatic rings. The fourth-order valence-electron chi connectivity index (χ4n) is 2.38. The van der Waals surface area contributed by atoms with Crippen LogP contribution < -0.4 is 0 Å². The number of ketones is 1. The van der Waals surface area contributed by atoms with Crippen LogP contribution in [-0.2, 0) is 0 Å². The number of carbonyl (C=O) groups is 1. The Balaban J connectivity index is 1.95. The van der Waals surface area contributed by atoms with Gasteiger partial charge in [-0.3, -0.25) is 4.79 Å². The Morgan fingerprint density at radius 2 is 2.41 bits per heavy atom. The minimum Gasteiger partial charge on any atom is -0.302 e. The molecule has 0 bridgehead atoms. The van der Waals surface area contributed by atoms with Gasteiger partial charge in [-0.15, -0.1) is 11.3 Å². The van der Waals surface area contributed by atoms with Gasteiger partial charge in [-0.2, -0.15) is 0 Å². The molecular weight excluding hydrogens is 232 g/mol. The highest BCUT2D eigenvalue weighted by molar-refractivity contribution is 7.11. The summed E-state index contributed by atoms with van der Waals surface area (Å²) < 4.78 is 0. The zero-order chi connectivity index (χ0) is 12.3. The number of thiazole rings is 1. The van der Waals surface area contributed by atoms with E-state index in [2.05, 4.69) is 23.7 Å². The number of likely N-dealkylation sites (tertiary alicyclic amines) is 1. The summed E-state index contributed by atoms with van der Waals surface area (Å²) in [5, 5.41) is 2.55. The van der Waals surface area contributed by atoms with Crippen molar-refractivity contribution in [3.63, 3.8) is 0 Å². The van der Waals surface area contributed by atoms with E-state index in [9.17, 15) is 4.79 Å². The average Bonchev–Trinajstić information content (AvgIpc) is 2.81. The molecule has 1 radical (unpaired) electrons. The molecule has 1 atom stereocenters. The molecule has 0 spiro atoms. The fourth-order valence-corrected chi connectivity index (χ4v) is 3.04. The first kappa shape index (κ1) is 12.7. The number of aromatic nitrogens is 1. The first-order valence-electron chi connectivity index (χ1n) is 6.12. The lowest BCUT2D eigenvalue weighted by atomic mass is 9.93. The van der Waals surface area contributed by atoms with Crippen molar-refractivity contribution in [1.29, 1.82) is 0 Å². The molecule has 93 valence electrons. The van der Waals surface area contributed by atoms with Gasteiger partial charge >= 0.3 is 0 Å². The number of hydrogen-bond acceptors (Lipinski definition) is 4. The maximum absolute atomic E-state index is 12.2. The molecule has 0 saturated carbocycles. The zero-order valence-electron chi connectivity index (χ0n) is 10.5. The number of carbonyl (C=O) groups excluding carboxylic acids is 1. The Bertz CT molecular complexity index is 362. The second-order valence-electron chi connectivity index (χ2n) is 4.98. The Morgan fingerprint density at radius 3 is 3.06 bits per heavy atom. The monoisotopic (exact) mass is 251 g/mol. The molecular formula is C13H19N2OS. The van der Waals surface area contributed by atoms with Crippen LogP contribution >= 0.6 is 11.3 Å². The Morgan fingerprint density at radius 1 is 1.59 bits per heavy atom. The van der Waals surface area contributed by atoms with Crippen LogP contribution in [0.1, 0.15) is 36.5 Å². The third-order valence-corrected chi connectivity index (χ3v) is 3.85. The van der Waals surface area contributed by atoms with Gasteiger partial charge < -0.3 is 4.90 Å². The van der Waals surface area contributed by atoms with Gasteiger partial charge in [-0.1, -0.05) is 13.8 Å². The number of hydrogen-bond donors (Lipinski definition) is 0. The van der Waals surface area contributed by atoms with E-state index >= 15 is 0 Å². The summed E-state index contributed by atoms with van der Waals surface area (Å²) >= 11 is 1.46. The Kier molecular flexibility index (Phi) is 4.29. The van der Waals surface area contributed by atoms with Gasteiger partial charge in [0.05, 0.1) is 0 Å². The number of nitrogens with zero attached hydrogens (tertiary/aromatic N) is 2. The summed E-state index contributed by atoms with van der Waals surface area (Å²) in [7, 11) is 0. The summed E-state index contributed by atoms with van der Waals surface area (Å²) in [6, 6.07) is 0. The Labute approximate surface area is 107 Å². The van der Waals surface area contributed by atoms with E-state index in [0.717, 1.165) is 32.5 Å². The van der Waals surface area contributed by atoms with Crippen molar-refractivity contribution in [2.24, 2.45) is 5.92 Å². The molecule has 0 N–H and O–H groups in total. The van der Waals surface area contributed by atoms with Crippen LogP contribution in [0.4, 0.5) is 0 Å². The summed E-state index contributed by atoms with van der Waals surface area (Å²) in [6.45, 7) is 7.32. The van der Waals surface area contributed by atoms with E-state index in [0.29, 0.717) is 5.01 Å². The van der Waals surface area contributed by atoms with Crippen LogP contribution in [0.2, 0.25) is 0 Å². The van der Waals surface area contributed by atoms with Crippen LogP contribution in [0, 0.1) is 11.8 Å². The third-order valence-electron chi connectivity index (χ3n) is 3.06. The predicted octanol–water partition coefficient (Wildman–Crippen LogP) is 2.65. The lowest BCUT2D eigenvalue weighted by molar-refractivity contribution is 0.0824. The number of rotatable bonds is 4. The van der Waals surface area contributed by atoms with Gasteiger partial charge in [0.2, 0.25) is 0 Å². The molecule has 0 aromatic carbocycles. The zero-order valence-corrected chi connectivity index (χ0v) is 11.3. The first-order valence-corrected chi connectivity index (χ1v) is 7.00. The van der Waals surface area contributed by atoms with Crippen LogP contribution in [0.25, 0.3) is 0 Å². The van der Waals surface area contributed by atoms with E-state index in [1.807, 2.05) is 5.38 Å². The summed E-state index contributed by atoms with van der Waals surface area (Å²) in [5.41, 5.74) is 0. The molecule has 1 aromatic heterocycles. The highest BCUT2D eigenvalue weighted by atomic mass is 32.1. The Hall–Kier alpha value is -0.740. The van der Waals surface area contributed by atoms with Crippen LogP contribution in [0.15, 0.2) is 11.6 Å². The molecule has 0 amide bonds. The lowest BCUT2D eigenvalue weighted by Crippen LogP contribution is -2.40. The second-order valence-corrected chi connectivity index (χ2v) is 5.88. The summed E-state index contributed by atoms with van der Waals surface area (Å²) in [5.74, 6) is 1.79. The molecule has 1 saturated heterocycles. The van der Waals surface area contributed by atoms with Crippen molar-refractivity contribution in [2.45, 2.75) is 26.7 Å². The van der Waals surface area contributed by atoms with Crippen molar-refractivity contribution in [3.8, 4) is 0 Å². The second kappa shape index (κ2) is 5.74. The van der Waals surface area contributed by atoms with Crippen LogP contribution in [0.3, 0.4) is 0 Å². The van der Waals surface area contributed by atoms with Crippen LogP contribution in [-0.4, -0.2) is 35.3 Å². The van der Waals surface area contributed by atoms with E-state index in [-0.39, 0.29) is 11.7 Å². The lowest BCUT2D eigenvalue weighted by Gasteiger charge is -2.32. The molecule has 4 heteroatoms.